The first-order chi connectivity index (χ1) is 13.3. The van der Waals surface area contributed by atoms with Gasteiger partial charge in [0.1, 0.15) is 11.8 Å². The van der Waals surface area contributed by atoms with Crippen molar-refractivity contribution >= 4 is 17.0 Å². The van der Waals surface area contributed by atoms with E-state index in [-0.39, 0.29) is 17.9 Å². The fourth-order valence-corrected chi connectivity index (χ4v) is 4.05. The minimum Gasteiger partial charge on any atom is -0.390 e. The zero-order valence-corrected chi connectivity index (χ0v) is 15.0. The molecule has 0 radical (unpaired) electrons. The highest BCUT2D eigenvalue weighted by Gasteiger charge is 2.46. The van der Waals surface area contributed by atoms with Gasteiger partial charge in [-0.3, -0.25) is 0 Å². The second-order valence-corrected chi connectivity index (χ2v) is 7.19. The molecule has 2 aromatic heterocycles. The first-order valence-electron chi connectivity index (χ1n) is 8.87. The van der Waals surface area contributed by atoms with Crippen molar-refractivity contribution in [2.45, 2.75) is 37.7 Å². The number of benzene rings is 1. The molecule has 7 nitrogen and oxygen atoms in total. The first kappa shape index (κ1) is 18.7. The molecule has 0 spiro atoms. The van der Waals surface area contributed by atoms with Gasteiger partial charge in [-0.1, -0.05) is 6.07 Å². The Hall–Kier alpha value is -2.62. The molecule has 5 unspecified atom stereocenters. The van der Waals surface area contributed by atoms with Crippen LogP contribution in [0.2, 0.25) is 0 Å². The maximum absolute atomic E-state index is 13.5. The van der Waals surface area contributed by atoms with Gasteiger partial charge in [0.15, 0.2) is 11.6 Å². The van der Waals surface area contributed by atoms with E-state index in [2.05, 4.69) is 9.97 Å². The minimum atomic E-state index is -1.27. The minimum absolute atomic E-state index is 0.0938. The molecule has 9 heteroatoms. The quantitative estimate of drug-likeness (QED) is 0.540. The van der Waals surface area contributed by atoms with Gasteiger partial charge < -0.3 is 25.6 Å². The Morgan fingerprint density at radius 1 is 1.14 bits per heavy atom. The van der Waals surface area contributed by atoms with Gasteiger partial charge in [-0.05, 0) is 37.1 Å². The topological polar surface area (TPSA) is 117 Å². The summed E-state index contributed by atoms with van der Waals surface area (Å²) in [5.74, 6) is -2.79. The highest BCUT2D eigenvalue weighted by molar-refractivity contribution is 5.79. The number of nitrogens with two attached hydrogens (primary N) is 1. The van der Waals surface area contributed by atoms with Crippen LogP contribution in [0.3, 0.4) is 0 Å². The van der Waals surface area contributed by atoms with Gasteiger partial charge in [0, 0.05) is 17.5 Å². The molecule has 1 aliphatic rings. The standard InChI is InChI=1S/C19H20F2N4O3/c1-8-10-4-5-25(18(10)24-19(22)23-8)14-7-11(16(27)17(14)28)15(26)9-2-3-12(20)13(21)6-9/h2-6,11,14-17,26-28H,7H2,1H3,(H2,22,23,24). The molecule has 4 rings (SSSR count). The lowest BCUT2D eigenvalue weighted by Crippen LogP contribution is -2.31. The molecule has 0 aliphatic heterocycles. The number of aliphatic hydroxyl groups is 3. The van der Waals surface area contributed by atoms with Crippen molar-refractivity contribution in [3.63, 3.8) is 0 Å². The van der Waals surface area contributed by atoms with Crippen molar-refractivity contribution in [3.8, 4) is 0 Å². The van der Waals surface area contributed by atoms with Crippen molar-refractivity contribution in [1.29, 1.82) is 0 Å². The number of anilines is 1. The summed E-state index contributed by atoms with van der Waals surface area (Å²) in [7, 11) is 0. The van der Waals surface area contributed by atoms with Gasteiger partial charge in [0.05, 0.1) is 23.9 Å². The van der Waals surface area contributed by atoms with Gasteiger partial charge >= 0.3 is 0 Å². The highest BCUT2D eigenvalue weighted by atomic mass is 19.2. The summed E-state index contributed by atoms with van der Waals surface area (Å²) < 4.78 is 28.4. The van der Waals surface area contributed by atoms with Crippen LogP contribution in [0.15, 0.2) is 30.5 Å². The Bertz CT molecular complexity index is 1040. The summed E-state index contributed by atoms with van der Waals surface area (Å²) in [6, 6.07) is 4.30. The molecule has 5 N–H and O–H groups in total. The van der Waals surface area contributed by atoms with Crippen LogP contribution in [0.4, 0.5) is 14.7 Å². The lowest BCUT2D eigenvalue weighted by Gasteiger charge is -2.22. The summed E-state index contributed by atoms with van der Waals surface area (Å²) in [6.45, 7) is 1.79. The number of halogens is 2. The van der Waals surface area contributed by atoms with Gasteiger partial charge in [-0.2, -0.15) is 4.98 Å². The van der Waals surface area contributed by atoms with Crippen LogP contribution in [-0.4, -0.2) is 42.1 Å². The Morgan fingerprint density at radius 3 is 2.61 bits per heavy atom. The molecular weight excluding hydrogens is 370 g/mol. The average molecular weight is 390 g/mol. The van der Waals surface area contributed by atoms with Crippen molar-refractivity contribution in [3.05, 3.63) is 53.4 Å². The molecule has 5 atom stereocenters. The van der Waals surface area contributed by atoms with E-state index >= 15 is 0 Å². The summed E-state index contributed by atoms with van der Waals surface area (Å²) in [4.78, 5) is 8.34. The summed E-state index contributed by atoms with van der Waals surface area (Å²) >= 11 is 0. The average Bonchev–Trinajstić information content (AvgIpc) is 3.19. The molecule has 1 fully saturated rings. The summed E-state index contributed by atoms with van der Waals surface area (Å²) in [5, 5.41) is 32.5. The van der Waals surface area contributed by atoms with E-state index in [1.54, 1.807) is 23.8 Å². The summed E-state index contributed by atoms with van der Waals surface area (Å²) in [6.07, 6.45) is -1.79. The molecule has 148 valence electrons. The molecule has 3 aromatic rings. The Labute approximate surface area is 159 Å². The largest absolute Gasteiger partial charge is 0.390 e. The van der Waals surface area contributed by atoms with Crippen LogP contribution in [0.5, 0.6) is 0 Å². The number of hydrogen-bond donors (Lipinski definition) is 4. The van der Waals surface area contributed by atoms with E-state index in [1.807, 2.05) is 0 Å². The van der Waals surface area contributed by atoms with Crippen LogP contribution in [-0.2, 0) is 0 Å². The molecule has 0 saturated heterocycles. The molecule has 0 amide bonds. The van der Waals surface area contributed by atoms with E-state index < -0.39 is 41.9 Å². The normalized spacial score (nSPS) is 26.1. The van der Waals surface area contributed by atoms with Gasteiger partial charge in [0.2, 0.25) is 5.95 Å². The third kappa shape index (κ3) is 2.92. The summed E-state index contributed by atoms with van der Waals surface area (Å²) in [5.41, 5.74) is 7.08. The molecule has 1 saturated carbocycles. The van der Waals surface area contributed by atoms with Crippen molar-refractivity contribution in [2.75, 3.05) is 5.73 Å². The number of nitrogens with zero attached hydrogens (tertiary/aromatic N) is 3. The molecule has 0 bridgehead atoms. The molecule has 28 heavy (non-hydrogen) atoms. The second-order valence-electron chi connectivity index (χ2n) is 7.19. The zero-order valence-electron chi connectivity index (χ0n) is 15.0. The SMILES string of the molecule is Cc1nc(N)nc2c1ccn2C1CC(C(O)c2ccc(F)c(F)c2)C(O)C1O. The first-order valence-corrected chi connectivity index (χ1v) is 8.87. The molecular formula is C19H20F2N4O3. The van der Waals surface area contributed by atoms with E-state index in [4.69, 9.17) is 5.73 Å². The predicted molar refractivity (Wildman–Crippen MR) is 97.2 cm³/mol. The van der Waals surface area contributed by atoms with E-state index in [9.17, 15) is 24.1 Å². The maximum atomic E-state index is 13.5. The second kappa shape index (κ2) is 6.77. The predicted octanol–water partition coefficient (Wildman–Crippen LogP) is 1.62. The number of rotatable bonds is 3. The number of aryl methyl sites for hydroxylation is 1. The number of nitrogen functional groups attached to an aromatic ring is 1. The fourth-order valence-electron chi connectivity index (χ4n) is 4.05. The van der Waals surface area contributed by atoms with E-state index in [0.717, 1.165) is 17.5 Å². The van der Waals surface area contributed by atoms with Gasteiger partial charge in [0.25, 0.3) is 0 Å². The third-order valence-corrected chi connectivity index (χ3v) is 5.52. The van der Waals surface area contributed by atoms with Crippen LogP contribution in [0.1, 0.15) is 29.8 Å². The Balaban J connectivity index is 1.67. The molecule has 1 aromatic carbocycles. The maximum Gasteiger partial charge on any atom is 0.222 e. The third-order valence-electron chi connectivity index (χ3n) is 5.52. The van der Waals surface area contributed by atoms with Crippen molar-refractivity contribution < 1.29 is 24.1 Å². The monoisotopic (exact) mass is 390 g/mol. The van der Waals surface area contributed by atoms with Crippen LogP contribution >= 0.6 is 0 Å². The number of fused-ring (bicyclic) bond motifs is 1. The number of hydrogen-bond acceptors (Lipinski definition) is 6. The number of aliphatic hydroxyl groups excluding tert-OH is 3. The zero-order chi connectivity index (χ0) is 20.2. The lowest BCUT2D eigenvalue weighted by molar-refractivity contribution is -0.0265. The Kier molecular flexibility index (Phi) is 4.53. The molecule has 2 heterocycles. The van der Waals surface area contributed by atoms with E-state index in [0.29, 0.717) is 11.3 Å². The van der Waals surface area contributed by atoms with Gasteiger partial charge in [-0.25, -0.2) is 13.8 Å². The van der Waals surface area contributed by atoms with Gasteiger partial charge in [-0.15, -0.1) is 0 Å². The van der Waals surface area contributed by atoms with Crippen LogP contribution in [0.25, 0.3) is 11.0 Å². The van der Waals surface area contributed by atoms with E-state index in [1.165, 1.54) is 6.07 Å². The van der Waals surface area contributed by atoms with Crippen molar-refractivity contribution in [1.82, 2.24) is 14.5 Å². The molecule has 1 aliphatic carbocycles. The van der Waals surface area contributed by atoms with Crippen molar-refractivity contribution in [2.24, 2.45) is 5.92 Å². The lowest BCUT2D eigenvalue weighted by atomic mass is 9.92. The smallest absolute Gasteiger partial charge is 0.222 e. The van der Waals surface area contributed by atoms with Crippen LogP contribution in [0, 0.1) is 24.5 Å². The highest BCUT2D eigenvalue weighted by Crippen LogP contribution is 2.43. The van der Waals surface area contributed by atoms with Crippen LogP contribution < -0.4 is 5.73 Å². The number of aromatic nitrogens is 3. The fraction of sp³-hybridized carbons (Fsp3) is 0.368. The Morgan fingerprint density at radius 2 is 1.89 bits per heavy atom.